The zero-order valence-electron chi connectivity index (χ0n) is 15.0. The lowest BCUT2D eigenvalue weighted by atomic mass is 9.93. The summed E-state index contributed by atoms with van der Waals surface area (Å²) in [5.41, 5.74) is 0.345. The highest BCUT2D eigenvalue weighted by atomic mass is 35.5. The Morgan fingerprint density at radius 2 is 2.04 bits per heavy atom. The molecule has 0 bridgehead atoms. The maximum atomic E-state index is 10.9. The molecule has 1 unspecified atom stereocenters. The predicted molar refractivity (Wildman–Crippen MR) is 105 cm³/mol. The summed E-state index contributed by atoms with van der Waals surface area (Å²) >= 11 is 12.3. The zero-order chi connectivity index (χ0) is 19.7. The fraction of sp³-hybridized carbons (Fsp3) is 0.350. The van der Waals surface area contributed by atoms with E-state index < -0.39 is 11.6 Å². The van der Waals surface area contributed by atoms with Gasteiger partial charge < -0.3 is 19.3 Å². The second kappa shape index (κ2) is 7.79. The molecule has 2 aliphatic heterocycles. The molecule has 2 heterocycles. The van der Waals surface area contributed by atoms with Gasteiger partial charge in [-0.3, -0.25) is 9.69 Å². The van der Waals surface area contributed by atoms with Gasteiger partial charge in [0.15, 0.2) is 5.75 Å². The number of halogens is 2. The van der Waals surface area contributed by atoms with E-state index in [4.69, 9.17) is 42.5 Å². The summed E-state index contributed by atoms with van der Waals surface area (Å²) in [6.45, 7) is 2.68. The average molecular weight is 424 g/mol. The number of nitrogens with zero attached hydrogens (tertiary/aromatic N) is 1. The number of morpholine rings is 1. The lowest BCUT2D eigenvalue weighted by Crippen LogP contribution is -2.51. The summed E-state index contributed by atoms with van der Waals surface area (Å²) in [5, 5.41) is 9.79. The Bertz CT molecular complexity index is 886. The topological polar surface area (TPSA) is 68.2 Å². The maximum absolute atomic E-state index is 10.9. The maximum Gasteiger partial charge on any atom is 0.304 e. The van der Waals surface area contributed by atoms with Gasteiger partial charge in [0.2, 0.25) is 0 Å². The second-order valence-corrected chi connectivity index (χ2v) is 7.68. The van der Waals surface area contributed by atoms with Crippen LogP contribution in [0.15, 0.2) is 36.4 Å². The van der Waals surface area contributed by atoms with E-state index in [0.29, 0.717) is 60.1 Å². The molecule has 1 saturated heterocycles. The number of carboxylic acids is 1. The highest BCUT2D eigenvalue weighted by Crippen LogP contribution is 2.45. The Morgan fingerprint density at radius 1 is 1.25 bits per heavy atom. The molecule has 1 spiro atoms. The van der Waals surface area contributed by atoms with Crippen LogP contribution < -0.4 is 9.47 Å². The van der Waals surface area contributed by atoms with Crippen molar-refractivity contribution in [3.63, 3.8) is 0 Å². The summed E-state index contributed by atoms with van der Waals surface area (Å²) in [7, 11) is 0. The summed E-state index contributed by atoms with van der Waals surface area (Å²) in [4.78, 5) is 13.0. The molecule has 0 aromatic heterocycles. The number of rotatable bonds is 5. The van der Waals surface area contributed by atoms with Crippen LogP contribution in [0.5, 0.6) is 17.2 Å². The molecular formula is C20H19Cl2NO5. The van der Waals surface area contributed by atoms with Gasteiger partial charge in [0.25, 0.3) is 0 Å². The summed E-state index contributed by atoms with van der Waals surface area (Å²) < 4.78 is 17.8. The molecule has 8 heteroatoms. The third-order valence-corrected chi connectivity index (χ3v) is 5.55. The Labute approximate surface area is 172 Å². The van der Waals surface area contributed by atoms with Crippen molar-refractivity contribution in [3.05, 3.63) is 52.0 Å². The number of hydrogen-bond donors (Lipinski definition) is 1. The number of benzene rings is 2. The minimum Gasteiger partial charge on any atom is -0.490 e. The molecular weight excluding hydrogens is 405 g/mol. The van der Waals surface area contributed by atoms with E-state index in [1.807, 2.05) is 12.1 Å². The van der Waals surface area contributed by atoms with E-state index >= 15 is 0 Å². The molecule has 148 valence electrons. The fourth-order valence-corrected chi connectivity index (χ4v) is 4.06. The quantitative estimate of drug-likeness (QED) is 0.777. The van der Waals surface area contributed by atoms with Crippen molar-refractivity contribution in [2.45, 2.75) is 12.0 Å². The smallest absolute Gasteiger partial charge is 0.304 e. The number of ether oxygens (including phenoxy) is 3. The van der Waals surface area contributed by atoms with E-state index in [9.17, 15) is 4.79 Å². The fourth-order valence-electron chi connectivity index (χ4n) is 3.58. The molecule has 28 heavy (non-hydrogen) atoms. The first-order chi connectivity index (χ1) is 13.5. The van der Waals surface area contributed by atoms with E-state index in [1.54, 1.807) is 24.3 Å². The van der Waals surface area contributed by atoms with Crippen LogP contribution in [0.4, 0.5) is 0 Å². The van der Waals surface area contributed by atoms with E-state index in [1.165, 1.54) is 0 Å². The summed E-state index contributed by atoms with van der Waals surface area (Å²) in [5.74, 6) is 0.834. The van der Waals surface area contributed by atoms with Crippen LogP contribution in [-0.4, -0.2) is 48.8 Å². The van der Waals surface area contributed by atoms with Crippen LogP contribution >= 0.6 is 23.2 Å². The van der Waals surface area contributed by atoms with Crippen molar-refractivity contribution in [1.29, 1.82) is 0 Å². The van der Waals surface area contributed by atoms with Gasteiger partial charge in [0.1, 0.15) is 23.7 Å². The first-order valence-electron chi connectivity index (χ1n) is 8.94. The predicted octanol–water partition coefficient (Wildman–Crippen LogP) is 4.18. The Kier molecular flexibility index (Phi) is 5.38. The highest BCUT2D eigenvalue weighted by molar-refractivity contribution is 6.37. The van der Waals surface area contributed by atoms with Crippen LogP contribution in [0.3, 0.4) is 0 Å². The normalized spacial score (nSPS) is 21.4. The van der Waals surface area contributed by atoms with Gasteiger partial charge in [0, 0.05) is 31.3 Å². The first kappa shape index (κ1) is 19.3. The molecule has 0 aliphatic carbocycles. The monoisotopic (exact) mass is 423 g/mol. The molecule has 0 saturated carbocycles. The summed E-state index contributed by atoms with van der Waals surface area (Å²) in [6, 6.07) is 10.7. The minimum absolute atomic E-state index is 0.106. The van der Waals surface area contributed by atoms with Gasteiger partial charge >= 0.3 is 5.97 Å². The van der Waals surface area contributed by atoms with Gasteiger partial charge in [-0.05, 0) is 24.3 Å². The standard InChI is InChI=1S/C20H19Cl2NO5/c21-15-2-1-3-16(22)19(15)28-13-4-5-14-17(10-13)26-12-20(14)11-23(8-9-27-20)7-6-18(24)25/h1-5,10H,6-9,11-12H2,(H,24,25). The third-order valence-electron chi connectivity index (χ3n) is 4.95. The third kappa shape index (κ3) is 3.78. The first-order valence-corrected chi connectivity index (χ1v) is 9.70. The molecule has 1 fully saturated rings. The van der Waals surface area contributed by atoms with Crippen molar-refractivity contribution in [2.24, 2.45) is 0 Å². The van der Waals surface area contributed by atoms with Gasteiger partial charge in [-0.1, -0.05) is 29.3 Å². The molecule has 6 nitrogen and oxygen atoms in total. The number of hydrogen-bond acceptors (Lipinski definition) is 5. The van der Waals surface area contributed by atoms with Crippen molar-refractivity contribution < 1.29 is 24.1 Å². The highest BCUT2D eigenvalue weighted by Gasteiger charge is 2.45. The van der Waals surface area contributed by atoms with Gasteiger partial charge in [-0.25, -0.2) is 0 Å². The number of fused-ring (bicyclic) bond motifs is 2. The van der Waals surface area contributed by atoms with Crippen LogP contribution in [0.2, 0.25) is 10.0 Å². The van der Waals surface area contributed by atoms with Crippen LogP contribution in [0, 0.1) is 0 Å². The molecule has 0 amide bonds. The van der Waals surface area contributed by atoms with Gasteiger partial charge in [0.05, 0.1) is 23.1 Å². The van der Waals surface area contributed by atoms with Crippen LogP contribution in [0.1, 0.15) is 12.0 Å². The lowest BCUT2D eigenvalue weighted by molar-refractivity contribution is -0.140. The van der Waals surface area contributed by atoms with Crippen LogP contribution in [-0.2, 0) is 15.1 Å². The molecule has 2 aromatic carbocycles. The number of aliphatic carboxylic acids is 1. The minimum atomic E-state index is -0.802. The van der Waals surface area contributed by atoms with Crippen molar-refractivity contribution >= 4 is 29.2 Å². The molecule has 2 aliphatic rings. The van der Waals surface area contributed by atoms with Gasteiger partial charge in [-0.2, -0.15) is 0 Å². The van der Waals surface area contributed by atoms with E-state index in [0.717, 1.165) is 5.56 Å². The molecule has 1 atom stereocenters. The molecule has 4 rings (SSSR count). The van der Waals surface area contributed by atoms with Crippen LogP contribution in [0.25, 0.3) is 0 Å². The zero-order valence-corrected chi connectivity index (χ0v) is 16.5. The molecule has 2 aromatic rings. The Hall–Kier alpha value is -1.99. The molecule has 1 N–H and O–H groups in total. The Balaban J connectivity index is 1.54. The van der Waals surface area contributed by atoms with E-state index in [-0.39, 0.29) is 6.42 Å². The van der Waals surface area contributed by atoms with Crippen molar-refractivity contribution in [3.8, 4) is 17.2 Å². The average Bonchev–Trinajstić information content (AvgIpc) is 3.00. The van der Waals surface area contributed by atoms with Crippen molar-refractivity contribution in [2.75, 3.05) is 32.8 Å². The number of para-hydroxylation sites is 1. The largest absolute Gasteiger partial charge is 0.490 e. The Morgan fingerprint density at radius 3 is 2.79 bits per heavy atom. The summed E-state index contributed by atoms with van der Waals surface area (Å²) in [6.07, 6.45) is 0.106. The second-order valence-electron chi connectivity index (χ2n) is 6.86. The number of carboxylic acid groups (broad SMARTS) is 1. The van der Waals surface area contributed by atoms with Crippen molar-refractivity contribution in [1.82, 2.24) is 4.90 Å². The van der Waals surface area contributed by atoms with Gasteiger partial charge in [-0.15, -0.1) is 0 Å². The van der Waals surface area contributed by atoms with E-state index in [2.05, 4.69) is 4.90 Å². The lowest BCUT2D eigenvalue weighted by Gasteiger charge is -2.39. The number of carbonyl (C=O) groups is 1. The SMILES string of the molecule is O=C(O)CCN1CCOC2(COc3cc(Oc4c(Cl)cccc4Cl)ccc32)C1. The molecule has 0 radical (unpaired) electrons.